The van der Waals surface area contributed by atoms with Gasteiger partial charge in [0.25, 0.3) is 0 Å². The van der Waals surface area contributed by atoms with Crippen molar-refractivity contribution in [2.24, 2.45) is 0 Å². The van der Waals surface area contributed by atoms with E-state index in [9.17, 15) is 2.74 Å². The van der Waals surface area contributed by atoms with Gasteiger partial charge in [-0.05, 0) is 162 Å². The van der Waals surface area contributed by atoms with Gasteiger partial charge in [0, 0.05) is 40.8 Å². The molecule has 0 atom stereocenters. The fourth-order valence-electron chi connectivity index (χ4n) is 13.0. The van der Waals surface area contributed by atoms with Crippen LogP contribution < -0.4 is 40.2 Å². The molecule has 9 aromatic carbocycles. The maximum absolute atomic E-state index is 9.55. The summed E-state index contributed by atoms with van der Waals surface area (Å²) in [6.07, 6.45) is 1.94. The van der Waals surface area contributed by atoms with Crippen LogP contribution in [0, 0.1) is 20.8 Å². The fraction of sp³-hybridized carbons (Fsp3) is 0.213. The second-order valence-electron chi connectivity index (χ2n) is 25.4. The van der Waals surface area contributed by atoms with Gasteiger partial charge in [-0.25, -0.2) is 4.98 Å². The lowest BCUT2D eigenvalue weighted by atomic mass is 9.77. The van der Waals surface area contributed by atoms with Crippen LogP contribution in [0.1, 0.15) is 103 Å². The van der Waals surface area contributed by atoms with E-state index in [1.165, 1.54) is 48.6 Å². The van der Waals surface area contributed by atoms with E-state index in [4.69, 9.17) is 13.8 Å². The van der Waals surface area contributed by atoms with E-state index in [0.717, 1.165) is 67.8 Å². The molecule has 0 saturated heterocycles. The number of hydrogen-bond acceptors (Lipinski definition) is 5. The van der Waals surface area contributed by atoms with Crippen LogP contribution in [0.3, 0.4) is 0 Å². The molecule has 402 valence electrons. The van der Waals surface area contributed by atoms with Gasteiger partial charge in [0.1, 0.15) is 24.0 Å². The zero-order valence-electron chi connectivity index (χ0n) is 53.6. The summed E-state index contributed by atoms with van der Waals surface area (Å²) in [6, 6.07) is 60.0. The van der Waals surface area contributed by atoms with Crippen LogP contribution in [-0.4, -0.2) is 19.7 Å². The second kappa shape index (κ2) is 19.1. The SMILES string of the molecule is [2H]c1c([2H])c([2H])c(-c2c(C)c(C)c(C)c(-c3cc(C(C)(C)C)cc(C(C)(C)C)c3)c2N2CN(c3cccc(Oc4ccc5c(c4)N(c4cc(C(C)(C)C)ccn4)c4ccccc4[Si]54c5ccccc5-c5ccccc54)c3)c3ccccc32)c([2H])c1[2H]. The third-order valence-electron chi connectivity index (χ3n) is 17.4. The van der Waals surface area contributed by atoms with Crippen molar-refractivity contribution in [2.45, 2.75) is 99.3 Å². The Bertz CT molecular complexity index is 4350. The van der Waals surface area contributed by atoms with Crippen LogP contribution in [0.25, 0.3) is 33.4 Å². The molecule has 6 heteroatoms. The molecule has 0 N–H and O–H groups in total. The number of ether oxygens (including phenoxy) is 1. The first-order valence-corrected chi connectivity index (χ1v) is 30.4. The van der Waals surface area contributed by atoms with Crippen LogP contribution in [-0.2, 0) is 16.2 Å². The number of aromatic nitrogens is 1. The Morgan fingerprint density at radius 2 is 1.00 bits per heavy atom. The Morgan fingerprint density at radius 1 is 0.457 bits per heavy atom. The van der Waals surface area contributed by atoms with Gasteiger partial charge in [-0.3, -0.25) is 4.90 Å². The second-order valence-corrected chi connectivity index (χ2v) is 29.0. The highest BCUT2D eigenvalue weighted by molar-refractivity contribution is 7.23. The van der Waals surface area contributed by atoms with E-state index in [1.807, 2.05) is 31.3 Å². The average Bonchev–Trinajstić information content (AvgIpc) is 1.33. The van der Waals surface area contributed by atoms with Crippen molar-refractivity contribution in [1.82, 2.24) is 4.98 Å². The smallest absolute Gasteiger partial charge is 0.185 e. The highest BCUT2D eigenvalue weighted by Gasteiger charge is 2.54. The first kappa shape index (κ1) is 46.3. The molecule has 0 bridgehead atoms. The van der Waals surface area contributed by atoms with Crippen LogP contribution in [0.2, 0.25) is 0 Å². The van der Waals surface area contributed by atoms with Crippen molar-refractivity contribution >= 4 is 68.8 Å². The molecule has 0 fully saturated rings. The van der Waals surface area contributed by atoms with Crippen molar-refractivity contribution in [3.8, 4) is 44.9 Å². The van der Waals surface area contributed by atoms with Crippen molar-refractivity contribution in [3.63, 3.8) is 0 Å². The molecule has 3 aliphatic rings. The fourth-order valence-corrected chi connectivity index (χ4v) is 18.5. The molecule has 1 spiro atoms. The van der Waals surface area contributed by atoms with Crippen molar-refractivity contribution in [1.29, 1.82) is 0 Å². The zero-order chi connectivity index (χ0) is 60.7. The Balaban J connectivity index is 0.973. The highest BCUT2D eigenvalue weighted by atomic mass is 28.3. The van der Waals surface area contributed by atoms with Crippen molar-refractivity contribution < 1.29 is 11.6 Å². The molecule has 0 radical (unpaired) electrons. The van der Waals surface area contributed by atoms with E-state index < -0.39 is 14.1 Å². The summed E-state index contributed by atoms with van der Waals surface area (Å²) in [5.74, 6) is 2.20. The predicted molar refractivity (Wildman–Crippen MR) is 345 cm³/mol. The third-order valence-corrected chi connectivity index (χ3v) is 22.3. The molecule has 10 aromatic rings. The van der Waals surface area contributed by atoms with E-state index in [0.29, 0.717) is 23.7 Å². The van der Waals surface area contributed by atoms with E-state index in [1.54, 1.807) is 0 Å². The molecular formula is C75H72N4OSi. The molecule has 0 saturated carbocycles. The number of hydrogen-bond donors (Lipinski definition) is 0. The van der Waals surface area contributed by atoms with Crippen molar-refractivity contribution in [3.05, 3.63) is 240 Å². The van der Waals surface area contributed by atoms with Gasteiger partial charge in [-0.2, -0.15) is 0 Å². The molecule has 81 heavy (non-hydrogen) atoms. The minimum atomic E-state index is -2.92. The number of fused-ring (bicyclic) bond motifs is 10. The van der Waals surface area contributed by atoms with E-state index >= 15 is 0 Å². The van der Waals surface area contributed by atoms with Gasteiger partial charge >= 0.3 is 0 Å². The summed E-state index contributed by atoms with van der Waals surface area (Å²) in [5.41, 5.74) is 17.0. The lowest BCUT2D eigenvalue weighted by Crippen LogP contribution is -2.75. The molecule has 4 heterocycles. The minimum absolute atomic E-state index is 0.112. The van der Waals surface area contributed by atoms with Crippen LogP contribution in [0.5, 0.6) is 11.5 Å². The van der Waals surface area contributed by atoms with Gasteiger partial charge in [0.15, 0.2) is 8.07 Å². The predicted octanol–water partition coefficient (Wildman–Crippen LogP) is 17.4. The van der Waals surface area contributed by atoms with E-state index in [2.05, 4.69) is 243 Å². The van der Waals surface area contributed by atoms with E-state index in [-0.39, 0.29) is 46.0 Å². The van der Waals surface area contributed by atoms with Crippen LogP contribution >= 0.6 is 0 Å². The molecule has 0 aliphatic carbocycles. The lowest BCUT2D eigenvalue weighted by Gasteiger charge is -2.43. The first-order chi connectivity index (χ1) is 40.9. The van der Waals surface area contributed by atoms with Crippen molar-refractivity contribution in [2.75, 3.05) is 21.4 Å². The van der Waals surface area contributed by atoms with Gasteiger partial charge in [-0.1, -0.05) is 202 Å². The van der Waals surface area contributed by atoms with Gasteiger partial charge < -0.3 is 14.5 Å². The minimum Gasteiger partial charge on any atom is -0.457 e. The van der Waals surface area contributed by atoms with Crippen LogP contribution in [0.4, 0.5) is 39.9 Å². The number of rotatable bonds is 7. The number of benzene rings is 9. The summed E-state index contributed by atoms with van der Waals surface area (Å²) in [7, 11) is -2.92. The maximum Gasteiger partial charge on any atom is 0.185 e. The molecule has 1 aromatic heterocycles. The number of para-hydroxylation sites is 3. The molecule has 0 amide bonds. The standard InChI is InChI=1S/C75H72N4OSi/c1-48-49(2)70(51-25-14-13-15-26-51)72(71(50(48)3)52-41-54(74(7,8)9)43-55(42-52)75(10,11)12)78-47-77(61-31-18-19-32-62(61)78)56-27-24-28-57(45-56)80-58-37-38-68-64(46-58)79(69-44-53(39-40-76-69)73(4,5)6)63-33-20-23-36-67(63)81(68)65-34-21-16-29-59(65)60-30-17-22-35-66(60)81/h13-46H,47H2,1-12H3/i13D,14D,15D,25D,26D. The van der Waals surface area contributed by atoms with Crippen LogP contribution in [0.15, 0.2) is 206 Å². The summed E-state index contributed by atoms with van der Waals surface area (Å²) in [5, 5.41) is 5.36. The molecule has 13 rings (SSSR count). The first-order valence-electron chi connectivity index (χ1n) is 30.9. The van der Waals surface area contributed by atoms with Gasteiger partial charge in [0.05, 0.1) is 29.6 Å². The topological polar surface area (TPSA) is 31.8 Å². The Kier molecular flexibility index (Phi) is 10.9. The third kappa shape index (κ3) is 8.44. The Morgan fingerprint density at radius 3 is 1.63 bits per heavy atom. The molecule has 5 nitrogen and oxygen atoms in total. The molecular weight excluding hydrogens is 1000 g/mol. The number of nitrogens with zero attached hydrogens (tertiary/aromatic N) is 4. The monoisotopic (exact) mass is 1080 g/mol. The summed E-state index contributed by atoms with van der Waals surface area (Å²) >= 11 is 0. The highest BCUT2D eigenvalue weighted by Crippen LogP contribution is 2.54. The van der Waals surface area contributed by atoms with Gasteiger partial charge in [0.2, 0.25) is 0 Å². The molecule has 0 unspecified atom stereocenters. The summed E-state index contributed by atoms with van der Waals surface area (Å²) in [4.78, 5) is 12.1. The van der Waals surface area contributed by atoms with Gasteiger partial charge in [-0.15, -0.1) is 0 Å². The largest absolute Gasteiger partial charge is 0.457 e. The molecule has 3 aliphatic heterocycles. The Hall–Kier alpha value is -8.45. The summed E-state index contributed by atoms with van der Waals surface area (Å²) < 4.78 is 53.0. The normalized spacial score (nSPS) is 15.0. The number of pyridine rings is 1. The average molecular weight is 1080 g/mol. The zero-order valence-corrected chi connectivity index (χ0v) is 49.6. The summed E-state index contributed by atoms with van der Waals surface area (Å²) in [6.45, 7) is 26.8. The lowest BCUT2D eigenvalue weighted by molar-refractivity contribution is 0.483. The quantitative estimate of drug-likeness (QED) is 0.149. The Labute approximate surface area is 488 Å². The maximum atomic E-state index is 9.55. The number of anilines is 7.